The van der Waals surface area contributed by atoms with Crippen LogP contribution in [0.15, 0.2) is 28.4 Å². The van der Waals surface area contributed by atoms with Gasteiger partial charge >= 0.3 is 0 Å². The van der Waals surface area contributed by atoms with Crippen molar-refractivity contribution in [1.29, 1.82) is 0 Å². The van der Waals surface area contributed by atoms with Gasteiger partial charge in [-0.3, -0.25) is 4.79 Å². The Labute approximate surface area is 108 Å². The first-order valence-electron chi connectivity index (χ1n) is 6.99. The molecule has 0 radical (unpaired) electrons. The van der Waals surface area contributed by atoms with Gasteiger partial charge in [0.05, 0.1) is 6.26 Å². The molecule has 2 aliphatic carbocycles. The lowest BCUT2D eigenvalue weighted by Gasteiger charge is -2.44. The van der Waals surface area contributed by atoms with Crippen LogP contribution in [0.5, 0.6) is 0 Å². The quantitative estimate of drug-likeness (QED) is 0.692. The summed E-state index contributed by atoms with van der Waals surface area (Å²) in [6, 6.07) is 3.78. The van der Waals surface area contributed by atoms with Gasteiger partial charge in [-0.05, 0) is 55.4 Å². The summed E-state index contributed by atoms with van der Waals surface area (Å²) in [7, 11) is 0. The fraction of sp³-hybridized carbons (Fsp3) is 0.562. The van der Waals surface area contributed by atoms with Crippen molar-refractivity contribution in [3.63, 3.8) is 0 Å². The van der Waals surface area contributed by atoms with E-state index in [4.69, 9.17) is 4.42 Å². The Bertz CT molecular complexity index is 469. The van der Waals surface area contributed by atoms with Crippen LogP contribution < -0.4 is 0 Å². The second-order valence-electron chi connectivity index (χ2n) is 5.91. The molecule has 2 aliphatic rings. The molecule has 0 saturated heterocycles. The first kappa shape index (κ1) is 11.8. The zero-order valence-electron chi connectivity index (χ0n) is 10.9. The molecule has 2 saturated carbocycles. The van der Waals surface area contributed by atoms with Crippen molar-refractivity contribution in [2.45, 2.75) is 45.4 Å². The molecular formula is C16H20O2. The van der Waals surface area contributed by atoms with Crippen molar-refractivity contribution in [3.8, 4) is 0 Å². The normalized spacial score (nSPS) is 34.6. The first-order valence-corrected chi connectivity index (χ1v) is 6.99. The van der Waals surface area contributed by atoms with Crippen LogP contribution in [0.1, 0.15) is 51.2 Å². The van der Waals surface area contributed by atoms with E-state index in [1.165, 1.54) is 19.3 Å². The van der Waals surface area contributed by atoms with Gasteiger partial charge in [0, 0.05) is 5.41 Å². The van der Waals surface area contributed by atoms with Crippen molar-refractivity contribution in [3.05, 3.63) is 29.7 Å². The Morgan fingerprint density at radius 2 is 2.28 bits per heavy atom. The molecule has 3 rings (SSSR count). The third-order valence-corrected chi connectivity index (χ3v) is 4.83. The Kier molecular flexibility index (Phi) is 2.89. The van der Waals surface area contributed by atoms with E-state index in [-0.39, 0.29) is 5.41 Å². The maximum absolute atomic E-state index is 12.7. The van der Waals surface area contributed by atoms with Crippen molar-refractivity contribution in [2.75, 3.05) is 0 Å². The molecule has 1 aromatic heterocycles. The highest BCUT2D eigenvalue weighted by Crippen LogP contribution is 2.49. The van der Waals surface area contributed by atoms with Crippen molar-refractivity contribution >= 4 is 11.9 Å². The molecule has 2 heteroatoms. The lowest BCUT2D eigenvalue weighted by molar-refractivity contribution is -0.131. The van der Waals surface area contributed by atoms with E-state index in [1.54, 1.807) is 6.26 Å². The molecule has 2 fully saturated rings. The molecule has 96 valence electrons. The number of hydrogen-bond donors (Lipinski definition) is 0. The second-order valence-corrected chi connectivity index (χ2v) is 5.91. The molecular weight excluding hydrogens is 224 g/mol. The number of carbonyl (C=O) groups is 1. The van der Waals surface area contributed by atoms with Crippen LogP contribution in [0.2, 0.25) is 0 Å². The van der Waals surface area contributed by atoms with Crippen LogP contribution in [0.3, 0.4) is 0 Å². The first-order chi connectivity index (χ1) is 8.70. The van der Waals surface area contributed by atoms with E-state index in [0.717, 1.165) is 30.6 Å². The molecule has 2 nitrogen and oxygen atoms in total. The lowest BCUT2D eigenvalue weighted by atomic mass is 9.58. The Morgan fingerprint density at radius 3 is 3.06 bits per heavy atom. The Hall–Kier alpha value is -1.31. The molecule has 2 atom stereocenters. The van der Waals surface area contributed by atoms with E-state index in [1.807, 2.05) is 18.2 Å². The minimum absolute atomic E-state index is 0.102. The van der Waals surface area contributed by atoms with Gasteiger partial charge in [-0.25, -0.2) is 0 Å². The SMILES string of the molecule is C[C@@]12CCCC[C@@H]1CC/C(=C/c1ccco1)C2=O. The molecule has 0 N–H and O–H groups in total. The maximum atomic E-state index is 12.7. The smallest absolute Gasteiger partial charge is 0.165 e. The number of ketones is 1. The van der Waals surface area contributed by atoms with E-state index in [2.05, 4.69) is 6.92 Å². The molecule has 0 bridgehead atoms. The molecule has 0 amide bonds. The van der Waals surface area contributed by atoms with Crippen LogP contribution in [-0.2, 0) is 4.79 Å². The van der Waals surface area contributed by atoms with E-state index < -0.39 is 0 Å². The van der Waals surface area contributed by atoms with Crippen LogP contribution in [0.4, 0.5) is 0 Å². The van der Waals surface area contributed by atoms with Crippen LogP contribution in [-0.4, -0.2) is 5.78 Å². The topological polar surface area (TPSA) is 30.2 Å². The number of furan rings is 1. The molecule has 0 aliphatic heterocycles. The van der Waals surface area contributed by atoms with Crippen LogP contribution in [0, 0.1) is 11.3 Å². The highest BCUT2D eigenvalue weighted by Gasteiger charge is 2.46. The van der Waals surface area contributed by atoms with E-state index in [9.17, 15) is 4.79 Å². The average molecular weight is 244 g/mol. The van der Waals surface area contributed by atoms with Crippen LogP contribution in [0.25, 0.3) is 6.08 Å². The zero-order chi connectivity index (χ0) is 12.6. The molecule has 0 spiro atoms. The summed E-state index contributed by atoms with van der Waals surface area (Å²) < 4.78 is 5.32. The highest BCUT2D eigenvalue weighted by atomic mass is 16.3. The number of rotatable bonds is 1. The van der Waals surface area contributed by atoms with Crippen molar-refractivity contribution in [1.82, 2.24) is 0 Å². The molecule has 18 heavy (non-hydrogen) atoms. The van der Waals surface area contributed by atoms with Gasteiger partial charge in [0.25, 0.3) is 0 Å². The summed E-state index contributed by atoms with van der Waals surface area (Å²) in [5, 5.41) is 0. The number of allylic oxidation sites excluding steroid dienone is 1. The van der Waals surface area contributed by atoms with Gasteiger partial charge in [0.2, 0.25) is 0 Å². The van der Waals surface area contributed by atoms with Gasteiger partial charge in [0.1, 0.15) is 5.76 Å². The summed E-state index contributed by atoms with van der Waals surface area (Å²) in [5.41, 5.74) is 0.861. The highest BCUT2D eigenvalue weighted by molar-refractivity contribution is 6.04. The summed E-state index contributed by atoms with van der Waals surface area (Å²) in [4.78, 5) is 12.7. The predicted molar refractivity (Wildman–Crippen MR) is 71.0 cm³/mol. The largest absolute Gasteiger partial charge is 0.465 e. The van der Waals surface area contributed by atoms with Gasteiger partial charge in [0.15, 0.2) is 5.78 Å². The van der Waals surface area contributed by atoms with Gasteiger partial charge < -0.3 is 4.42 Å². The molecule has 1 aromatic rings. The van der Waals surface area contributed by atoms with E-state index in [0.29, 0.717) is 11.7 Å². The van der Waals surface area contributed by atoms with Crippen molar-refractivity contribution < 1.29 is 9.21 Å². The predicted octanol–water partition coefficient (Wildman–Crippen LogP) is 4.22. The minimum Gasteiger partial charge on any atom is -0.465 e. The van der Waals surface area contributed by atoms with Crippen molar-refractivity contribution in [2.24, 2.45) is 11.3 Å². The molecule has 0 aromatic carbocycles. The lowest BCUT2D eigenvalue weighted by Crippen LogP contribution is -2.42. The van der Waals surface area contributed by atoms with Crippen LogP contribution >= 0.6 is 0 Å². The average Bonchev–Trinajstić information content (AvgIpc) is 2.87. The number of fused-ring (bicyclic) bond motifs is 1. The second kappa shape index (κ2) is 4.42. The minimum atomic E-state index is -0.102. The third-order valence-electron chi connectivity index (χ3n) is 4.83. The third kappa shape index (κ3) is 1.84. The molecule has 0 unspecified atom stereocenters. The van der Waals surface area contributed by atoms with Gasteiger partial charge in [-0.15, -0.1) is 0 Å². The summed E-state index contributed by atoms with van der Waals surface area (Å²) in [5.74, 6) is 1.78. The monoisotopic (exact) mass is 244 g/mol. The fourth-order valence-electron chi connectivity index (χ4n) is 3.66. The maximum Gasteiger partial charge on any atom is 0.165 e. The number of carbonyl (C=O) groups excluding carboxylic acids is 1. The Balaban J connectivity index is 1.89. The number of hydrogen-bond acceptors (Lipinski definition) is 2. The zero-order valence-corrected chi connectivity index (χ0v) is 10.9. The summed E-state index contributed by atoms with van der Waals surface area (Å²) in [6.07, 6.45) is 10.5. The van der Waals surface area contributed by atoms with E-state index >= 15 is 0 Å². The standard InChI is InChI=1S/C16H20O2/c1-16-9-3-2-5-13(16)8-7-12(15(16)17)11-14-6-4-10-18-14/h4,6,10-11,13H,2-3,5,7-9H2,1H3/b12-11-/t13-,16-/m1/s1. The Morgan fingerprint density at radius 1 is 1.39 bits per heavy atom. The summed E-state index contributed by atoms with van der Waals surface area (Å²) in [6.45, 7) is 2.17. The van der Waals surface area contributed by atoms with Gasteiger partial charge in [-0.2, -0.15) is 0 Å². The molecule has 1 heterocycles. The number of Topliss-reactive ketones (excluding diaryl/α,β-unsaturated/α-hetero) is 1. The summed E-state index contributed by atoms with van der Waals surface area (Å²) >= 11 is 0. The van der Waals surface area contributed by atoms with Gasteiger partial charge in [-0.1, -0.05) is 19.8 Å². The fourth-order valence-corrected chi connectivity index (χ4v) is 3.66.